The normalized spacial score (nSPS) is 15.3. The molecule has 0 heterocycles. The molecule has 0 saturated carbocycles. The quantitative estimate of drug-likeness (QED) is 0.793. The fourth-order valence-electron chi connectivity index (χ4n) is 1.67. The zero-order valence-corrected chi connectivity index (χ0v) is 12.7. The maximum absolute atomic E-state index is 10.5. The van der Waals surface area contributed by atoms with Crippen LogP contribution in [0.1, 0.15) is 25.0 Å². The van der Waals surface area contributed by atoms with Gasteiger partial charge in [0.25, 0.3) is 0 Å². The van der Waals surface area contributed by atoms with Gasteiger partial charge in [-0.25, -0.2) is 0 Å². The zero-order chi connectivity index (χ0) is 16.1. The third-order valence-electron chi connectivity index (χ3n) is 3.40. The van der Waals surface area contributed by atoms with Crippen LogP contribution in [0.3, 0.4) is 0 Å². The first kappa shape index (κ1) is 15.9. The molecular formula is C20H18O2. The molecule has 0 saturated heterocycles. The van der Waals surface area contributed by atoms with Crippen LogP contribution in [0.5, 0.6) is 0 Å². The van der Waals surface area contributed by atoms with E-state index in [1.165, 1.54) is 13.8 Å². The number of aliphatic hydroxyl groups is 2. The second-order valence-corrected chi connectivity index (χ2v) is 5.38. The lowest BCUT2D eigenvalue weighted by Crippen LogP contribution is -2.48. The Morgan fingerprint density at radius 3 is 1.27 bits per heavy atom. The average molecular weight is 290 g/mol. The van der Waals surface area contributed by atoms with Crippen molar-refractivity contribution in [2.24, 2.45) is 0 Å². The van der Waals surface area contributed by atoms with E-state index < -0.39 is 11.2 Å². The van der Waals surface area contributed by atoms with Gasteiger partial charge >= 0.3 is 0 Å². The number of benzene rings is 2. The van der Waals surface area contributed by atoms with E-state index in [0.29, 0.717) is 0 Å². The predicted molar refractivity (Wildman–Crippen MR) is 87.9 cm³/mol. The molecule has 2 nitrogen and oxygen atoms in total. The average Bonchev–Trinajstić information content (AvgIpc) is 2.53. The molecular weight excluding hydrogens is 272 g/mol. The van der Waals surface area contributed by atoms with Crippen LogP contribution in [0.2, 0.25) is 0 Å². The summed E-state index contributed by atoms with van der Waals surface area (Å²) in [5.41, 5.74) is -1.75. The Morgan fingerprint density at radius 2 is 0.955 bits per heavy atom. The van der Waals surface area contributed by atoms with Gasteiger partial charge in [0, 0.05) is 11.1 Å². The van der Waals surface area contributed by atoms with Crippen molar-refractivity contribution in [1.29, 1.82) is 0 Å². The van der Waals surface area contributed by atoms with Crippen LogP contribution in [0.25, 0.3) is 0 Å². The van der Waals surface area contributed by atoms with Crippen LogP contribution in [0.15, 0.2) is 60.7 Å². The summed E-state index contributed by atoms with van der Waals surface area (Å²) in [6, 6.07) is 18.6. The molecule has 0 amide bonds. The lowest BCUT2D eigenvalue weighted by Gasteiger charge is -2.29. The summed E-state index contributed by atoms with van der Waals surface area (Å²) in [6.45, 7) is 2.92. The highest BCUT2D eigenvalue weighted by atomic mass is 16.3. The molecule has 0 bridgehead atoms. The molecule has 22 heavy (non-hydrogen) atoms. The first-order chi connectivity index (χ1) is 10.4. The van der Waals surface area contributed by atoms with E-state index in [0.717, 1.165) is 11.1 Å². The molecule has 2 rings (SSSR count). The third-order valence-corrected chi connectivity index (χ3v) is 3.40. The van der Waals surface area contributed by atoms with Crippen molar-refractivity contribution in [2.75, 3.05) is 0 Å². The van der Waals surface area contributed by atoms with E-state index in [1.807, 2.05) is 60.7 Å². The Morgan fingerprint density at radius 1 is 0.636 bits per heavy atom. The van der Waals surface area contributed by atoms with Gasteiger partial charge in [-0.3, -0.25) is 0 Å². The van der Waals surface area contributed by atoms with Gasteiger partial charge in [-0.15, -0.1) is 0 Å². The van der Waals surface area contributed by atoms with E-state index in [1.54, 1.807) is 0 Å². The molecule has 110 valence electrons. The molecule has 2 atom stereocenters. The summed E-state index contributed by atoms with van der Waals surface area (Å²) in [6.07, 6.45) is 0. The Balaban J connectivity index is 2.24. The summed E-state index contributed by atoms with van der Waals surface area (Å²) in [5.74, 6) is 11.1. The van der Waals surface area contributed by atoms with E-state index in [2.05, 4.69) is 23.7 Å². The van der Waals surface area contributed by atoms with Crippen LogP contribution in [0.4, 0.5) is 0 Å². The second kappa shape index (κ2) is 6.50. The summed E-state index contributed by atoms with van der Waals surface area (Å²) in [5, 5.41) is 20.9. The second-order valence-electron chi connectivity index (χ2n) is 5.38. The Kier molecular flexibility index (Phi) is 4.68. The van der Waals surface area contributed by atoms with Gasteiger partial charge in [0.1, 0.15) is 0 Å². The van der Waals surface area contributed by atoms with Crippen molar-refractivity contribution in [1.82, 2.24) is 0 Å². The zero-order valence-electron chi connectivity index (χ0n) is 12.7. The predicted octanol–water partition coefficient (Wildman–Crippen LogP) is 2.59. The minimum atomic E-state index is -1.65. The molecule has 0 spiro atoms. The molecule has 2 heteroatoms. The highest BCUT2D eigenvalue weighted by Gasteiger charge is 2.39. The minimum Gasteiger partial charge on any atom is -0.374 e. The first-order valence-electron chi connectivity index (χ1n) is 7.02. The molecule has 0 fully saturated rings. The van der Waals surface area contributed by atoms with Crippen molar-refractivity contribution in [3.8, 4) is 23.7 Å². The topological polar surface area (TPSA) is 40.5 Å². The van der Waals surface area contributed by atoms with Crippen molar-refractivity contribution in [3.05, 3.63) is 71.8 Å². The van der Waals surface area contributed by atoms with Gasteiger partial charge in [-0.1, -0.05) is 60.1 Å². The summed E-state index contributed by atoms with van der Waals surface area (Å²) >= 11 is 0. The number of hydrogen-bond acceptors (Lipinski definition) is 2. The fourth-order valence-corrected chi connectivity index (χ4v) is 1.67. The highest BCUT2D eigenvalue weighted by Crippen LogP contribution is 2.21. The largest absolute Gasteiger partial charge is 0.374 e. The van der Waals surface area contributed by atoms with E-state index in [-0.39, 0.29) is 0 Å². The van der Waals surface area contributed by atoms with E-state index >= 15 is 0 Å². The van der Waals surface area contributed by atoms with E-state index in [4.69, 9.17) is 0 Å². The Labute approximate surface area is 131 Å². The maximum atomic E-state index is 10.5. The number of rotatable bonds is 1. The summed E-state index contributed by atoms with van der Waals surface area (Å²) < 4.78 is 0. The number of hydrogen-bond donors (Lipinski definition) is 2. The molecule has 2 unspecified atom stereocenters. The molecule has 0 radical (unpaired) electrons. The van der Waals surface area contributed by atoms with Gasteiger partial charge in [0.15, 0.2) is 11.2 Å². The van der Waals surface area contributed by atoms with Crippen LogP contribution >= 0.6 is 0 Å². The minimum absolute atomic E-state index is 0.773. The molecule has 0 aliphatic carbocycles. The van der Waals surface area contributed by atoms with Gasteiger partial charge in [-0.2, -0.15) is 0 Å². The van der Waals surface area contributed by atoms with E-state index in [9.17, 15) is 10.2 Å². The van der Waals surface area contributed by atoms with Crippen molar-refractivity contribution < 1.29 is 10.2 Å². The maximum Gasteiger partial charge on any atom is 0.162 e. The standard InChI is InChI=1S/C20H18O2/c1-19(21,15-13-17-9-5-3-6-10-17)20(2,22)16-14-18-11-7-4-8-12-18/h3-12,21-22H,1-2H3. The van der Waals surface area contributed by atoms with Crippen molar-refractivity contribution in [2.45, 2.75) is 25.0 Å². The third kappa shape index (κ3) is 3.99. The Bertz CT molecular complexity index is 669. The fraction of sp³-hybridized carbons (Fsp3) is 0.200. The van der Waals surface area contributed by atoms with Crippen LogP contribution in [-0.4, -0.2) is 21.4 Å². The molecule has 2 aromatic carbocycles. The summed E-state index contributed by atoms with van der Waals surface area (Å²) in [7, 11) is 0. The molecule has 2 N–H and O–H groups in total. The molecule has 0 aliphatic rings. The van der Waals surface area contributed by atoms with Crippen LogP contribution in [0, 0.1) is 23.7 Å². The van der Waals surface area contributed by atoms with Crippen LogP contribution < -0.4 is 0 Å². The smallest absolute Gasteiger partial charge is 0.162 e. The molecule has 0 aliphatic heterocycles. The lowest BCUT2D eigenvalue weighted by molar-refractivity contribution is -0.0552. The van der Waals surface area contributed by atoms with Crippen molar-refractivity contribution >= 4 is 0 Å². The van der Waals surface area contributed by atoms with Gasteiger partial charge < -0.3 is 10.2 Å². The molecule has 0 aromatic heterocycles. The van der Waals surface area contributed by atoms with Gasteiger partial charge in [0.05, 0.1) is 0 Å². The van der Waals surface area contributed by atoms with Crippen molar-refractivity contribution in [3.63, 3.8) is 0 Å². The highest BCUT2D eigenvalue weighted by molar-refractivity contribution is 5.41. The van der Waals surface area contributed by atoms with Gasteiger partial charge in [-0.05, 0) is 38.1 Å². The van der Waals surface area contributed by atoms with Crippen LogP contribution in [-0.2, 0) is 0 Å². The first-order valence-corrected chi connectivity index (χ1v) is 7.02. The SMILES string of the molecule is CC(O)(C#Cc1ccccc1)C(C)(O)C#Cc1ccccc1. The van der Waals surface area contributed by atoms with Gasteiger partial charge in [0.2, 0.25) is 0 Å². The lowest BCUT2D eigenvalue weighted by atomic mass is 9.86. The monoisotopic (exact) mass is 290 g/mol. The summed E-state index contributed by atoms with van der Waals surface area (Å²) in [4.78, 5) is 0. The molecule has 2 aromatic rings. The Hall–Kier alpha value is -2.52.